The molecule has 1 fully saturated rings. The molecule has 0 bridgehead atoms. The lowest BCUT2D eigenvalue weighted by Crippen LogP contribution is -2.43. The van der Waals surface area contributed by atoms with Crippen molar-refractivity contribution in [2.24, 2.45) is 10.9 Å². The maximum absolute atomic E-state index is 5.42. The van der Waals surface area contributed by atoms with E-state index in [-0.39, 0.29) is 24.0 Å². The Kier molecular flexibility index (Phi) is 7.94. The number of nitrogens with zero attached hydrogens (tertiary/aromatic N) is 1. The first-order valence-corrected chi connectivity index (χ1v) is 8.20. The standard InChI is InChI=1S/C17H25N3O2.HI/c1-2-5-15(4-1)20-17(19-12-14-8-11-21-13-14)18-9-7-16-6-3-10-22-16;/h1-3,6,10,14-15H,4-5,7-9,11-13H2,(H2,18,19,20);1H. The molecular formula is C17H26IN3O2. The Hall–Kier alpha value is -1.02. The van der Waals surface area contributed by atoms with Crippen molar-refractivity contribution in [3.05, 3.63) is 36.3 Å². The van der Waals surface area contributed by atoms with Crippen molar-refractivity contribution in [1.82, 2.24) is 10.6 Å². The average molecular weight is 431 g/mol. The Bertz CT molecular complexity index is 488. The lowest BCUT2D eigenvalue weighted by atomic mass is 10.1. The Morgan fingerprint density at radius 1 is 1.30 bits per heavy atom. The Balaban J connectivity index is 0.00000192. The molecular weight excluding hydrogens is 405 g/mol. The lowest BCUT2D eigenvalue weighted by Gasteiger charge is -2.18. The normalized spacial score (nSPS) is 21.4. The molecule has 1 saturated heterocycles. The molecule has 1 aromatic rings. The third kappa shape index (κ3) is 6.18. The van der Waals surface area contributed by atoms with Crippen LogP contribution in [-0.4, -0.2) is 38.3 Å². The van der Waals surface area contributed by atoms with E-state index in [9.17, 15) is 0 Å². The topological polar surface area (TPSA) is 58.8 Å². The zero-order valence-electron chi connectivity index (χ0n) is 13.4. The molecule has 2 aliphatic rings. The highest BCUT2D eigenvalue weighted by Crippen LogP contribution is 2.13. The number of halogens is 1. The van der Waals surface area contributed by atoms with E-state index in [4.69, 9.17) is 14.1 Å². The molecule has 0 radical (unpaired) electrons. The fourth-order valence-corrected chi connectivity index (χ4v) is 2.79. The van der Waals surface area contributed by atoms with Crippen molar-refractivity contribution in [2.75, 3.05) is 26.3 Å². The molecule has 1 aromatic heterocycles. The molecule has 2 heterocycles. The van der Waals surface area contributed by atoms with Crippen molar-refractivity contribution in [3.8, 4) is 0 Å². The smallest absolute Gasteiger partial charge is 0.191 e. The summed E-state index contributed by atoms with van der Waals surface area (Å²) in [6.45, 7) is 3.37. The van der Waals surface area contributed by atoms with Gasteiger partial charge in [-0.15, -0.1) is 24.0 Å². The predicted octanol–water partition coefficient (Wildman–Crippen LogP) is 2.73. The van der Waals surface area contributed by atoms with Crippen LogP contribution in [0.2, 0.25) is 0 Å². The molecule has 0 aromatic carbocycles. The molecule has 23 heavy (non-hydrogen) atoms. The number of guanidine groups is 1. The highest BCUT2D eigenvalue weighted by Gasteiger charge is 2.16. The van der Waals surface area contributed by atoms with Crippen LogP contribution in [0.3, 0.4) is 0 Å². The second kappa shape index (κ2) is 9.97. The second-order valence-electron chi connectivity index (χ2n) is 5.96. The summed E-state index contributed by atoms with van der Waals surface area (Å²) in [7, 11) is 0. The van der Waals surface area contributed by atoms with Gasteiger partial charge in [0.1, 0.15) is 5.76 Å². The average Bonchev–Trinajstić information content (AvgIpc) is 3.28. The van der Waals surface area contributed by atoms with Gasteiger partial charge in [0.05, 0.1) is 12.9 Å². The van der Waals surface area contributed by atoms with Gasteiger partial charge in [0, 0.05) is 38.1 Å². The van der Waals surface area contributed by atoms with Crippen LogP contribution in [0, 0.1) is 5.92 Å². The summed E-state index contributed by atoms with van der Waals surface area (Å²) < 4.78 is 10.8. The molecule has 1 aliphatic heterocycles. The Morgan fingerprint density at radius 3 is 2.87 bits per heavy atom. The number of hydrogen-bond donors (Lipinski definition) is 2. The molecule has 5 nitrogen and oxygen atoms in total. The maximum Gasteiger partial charge on any atom is 0.191 e. The molecule has 1 aliphatic carbocycles. The fourth-order valence-electron chi connectivity index (χ4n) is 2.79. The number of nitrogens with one attached hydrogen (secondary N) is 2. The van der Waals surface area contributed by atoms with Crippen LogP contribution in [0.15, 0.2) is 40.0 Å². The minimum absolute atomic E-state index is 0. The molecule has 3 rings (SSSR count). The summed E-state index contributed by atoms with van der Waals surface area (Å²) in [5.41, 5.74) is 0. The van der Waals surface area contributed by atoms with Gasteiger partial charge in [0.2, 0.25) is 0 Å². The molecule has 0 saturated carbocycles. The summed E-state index contributed by atoms with van der Waals surface area (Å²) >= 11 is 0. The summed E-state index contributed by atoms with van der Waals surface area (Å²) in [6, 6.07) is 4.39. The number of ether oxygens (including phenoxy) is 1. The van der Waals surface area contributed by atoms with Crippen LogP contribution < -0.4 is 10.6 Å². The van der Waals surface area contributed by atoms with Crippen LogP contribution in [0.4, 0.5) is 0 Å². The summed E-state index contributed by atoms with van der Waals surface area (Å²) in [4.78, 5) is 4.74. The lowest BCUT2D eigenvalue weighted by molar-refractivity contribution is 0.187. The zero-order chi connectivity index (χ0) is 15.0. The highest BCUT2D eigenvalue weighted by molar-refractivity contribution is 14.0. The van der Waals surface area contributed by atoms with E-state index < -0.39 is 0 Å². The van der Waals surface area contributed by atoms with E-state index in [0.717, 1.165) is 63.7 Å². The third-order valence-electron chi connectivity index (χ3n) is 4.12. The van der Waals surface area contributed by atoms with Crippen molar-refractivity contribution in [3.63, 3.8) is 0 Å². The quantitative estimate of drug-likeness (QED) is 0.315. The molecule has 128 valence electrons. The molecule has 0 amide bonds. The van der Waals surface area contributed by atoms with E-state index in [2.05, 4.69) is 22.8 Å². The van der Waals surface area contributed by atoms with Gasteiger partial charge < -0.3 is 19.8 Å². The Labute approximate surface area is 155 Å². The summed E-state index contributed by atoms with van der Waals surface area (Å²) in [6.07, 6.45) is 10.3. The largest absolute Gasteiger partial charge is 0.469 e. The van der Waals surface area contributed by atoms with Gasteiger partial charge in [-0.2, -0.15) is 0 Å². The van der Waals surface area contributed by atoms with E-state index in [1.54, 1.807) is 6.26 Å². The molecule has 1 unspecified atom stereocenters. The van der Waals surface area contributed by atoms with Gasteiger partial charge >= 0.3 is 0 Å². The summed E-state index contributed by atoms with van der Waals surface area (Å²) in [5, 5.41) is 6.94. The minimum atomic E-state index is 0. The fraction of sp³-hybridized carbons (Fsp3) is 0.588. The van der Waals surface area contributed by atoms with Crippen LogP contribution in [0.5, 0.6) is 0 Å². The zero-order valence-corrected chi connectivity index (χ0v) is 15.7. The van der Waals surface area contributed by atoms with E-state index >= 15 is 0 Å². The van der Waals surface area contributed by atoms with E-state index in [1.165, 1.54) is 0 Å². The SMILES string of the molecule is C1=CCC(NC(=NCC2CCOC2)NCCc2ccco2)C1.I. The molecule has 2 N–H and O–H groups in total. The number of hydrogen-bond acceptors (Lipinski definition) is 3. The van der Waals surface area contributed by atoms with Crippen LogP contribution >= 0.6 is 24.0 Å². The van der Waals surface area contributed by atoms with Crippen molar-refractivity contribution < 1.29 is 9.15 Å². The van der Waals surface area contributed by atoms with Crippen molar-refractivity contribution in [1.29, 1.82) is 0 Å². The van der Waals surface area contributed by atoms with Gasteiger partial charge in [-0.3, -0.25) is 4.99 Å². The van der Waals surface area contributed by atoms with Gasteiger partial charge in [0.15, 0.2) is 5.96 Å². The van der Waals surface area contributed by atoms with Gasteiger partial charge in [0.25, 0.3) is 0 Å². The minimum Gasteiger partial charge on any atom is -0.469 e. The van der Waals surface area contributed by atoms with E-state index in [0.29, 0.717) is 12.0 Å². The van der Waals surface area contributed by atoms with Crippen LogP contribution in [0.1, 0.15) is 25.0 Å². The van der Waals surface area contributed by atoms with Gasteiger partial charge in [-0.1, -0.05) is 12.2 Å². The van der Waals surface area contributed by atoms with Gasteiger partial charge in [-0.05, 0) is 31.4 Å². The maximum atomic E-state index is 5.42. The number of aliphatic imine (C=N–C) groups is 1. The second-order valence-corrected chi connectivity index (χ2v) is 5.96. The van der Waals surface area contributed by atoms with E-state index in [1.807, 2.05) is 12.1 Å². The predicted molar refractivity (Wildman–Crippen MR) is 102 cm³/mol. The van der Waals surface area contributed by atoms with Gasteiger partial charge in [-0.25, -0.2) is 0 Å². The van der Waals surface area contributed by atoms with Crippen molar-refractivity contribution in [2.45, 2.75) is 31.7 Å². The summed E-state index contributed by atoms with van der Waals surface area (Å²) in [5.74, 6) is 2.47. The monoisotopic (exact) mass is 431 g/mol. The first-order valence-electron chi connectivity index (χ1n) is 8.20. The van der Waals surface area contributed by atoms with Crippen LogP contribution in [-0.2, 0) is 11.2 Å². The molecule has 6 heteroatoms. The number of furan rings is 1. The first kappa shape index (κ1) is 18.3. The third-order valence-corrected chi connectivity index (χ3v) is 4.12. The number of rotatable bonds is 6. The molecule has 1 atom stereocenters. The molecule has 0 spiro atoms. The van der Waals surface area contributed by atoms with Crippen LogP contribution in [0.25, 0.3) is 0 Å². The first-order chi connectivity index (χ1) is 10.9. The highest BCUT2D eigenvalue weighted by atomic mass is 127. The Morgan fingerprint density at radius 2 is 2.17 bits per heavy atom. The van der Waals surface area contributed by atoms with Crippen molar-refractivity contribution >= 4 is 29.9 Å².